The van der Waals surface area contributed by atoms with Crippen LogP contribution in [0, 0.1) is 17.2 Å². The van der Waals surface area contributed by atoms with Gasteiger partial charge in [-0.1, -0.05) is 20.8 Å². The Labute approximate surface area is 146 Å². The number of carboxylic acids is 1. The summed E-state index contributed by atoms with van der Waals surface area (Å²) in [5.74, 6) is -3.10. The minimum Gasteiger partial charge on any atom is -0.481 e. The number of hydrogen-bond acceptors (Lipinski definition) is 3. The Hall–Kier alpha value is -2.44. The van der Waals surface area contributed by atoms with E-state index in [0.29, 0.717) is 25.1 Å². The third-order valence-electron chi connectivity index (χ3n) is 4.19. The summed E-state index contributed by atoms with van der Waals surface area (Å²) in [6.45, 7) is 5.69. The lowest BCUT2D eigenvalue weighted by Gasteiger charge is -2.31. The van der Waals surface area contributed by atoms with Crippen LogP contribution >= 0.6 is 0 Å². The molecule has 0 radical (unpaired) electrons. The van der Waals surface area contributed by atoms with Gasteiger partial charge in [0.2, 0.25) is 5.91 Å². The van der Waals surface area contributed by atoms with E-state index in [-0.39, 0.29) is 18.0 Å². The number of carboxylic acid groups (broad SMARTS) is 1. The number of halogens is 1. The fraction of sp³-hybridized carbons (Fsp3) is 0.500. The molecule has 2 rings (SSSR count). The van der Waals surface area contributed by atoms with Crippen molar-refractivity contribution in [2.45, 2.75) is 33.6 Å². The predicted octanol–water partition coefficient (Wildman–Crippen LogP) is 2.75. The number of hydrogen-bond donors (Lipinski definition) is 2. The van der Waals surface area contributed by atoms with Crippen molar-refractivity contribution >= 4 is 23.5 Å². The van der Waals surface area contributed by atoms with Gasteiger partial charge < -0.3 is 15.3 Å². The molecule has 6 nitrogen and oxygen atoms in total. The van der Waals surface area contributed by atoms with Gasteiger partial charge in [0.15, 0.2) is 0 Å². The number of benzene rings is 1. The van der Waals surface area contributed by atoms with Gasteiger partial charge in [0.1, 0.15) is 5.82 Å². The number of anilines is 1. The van der Waals surface area contributed by atoms with Gasteiger partial charge in [-0.25, -0.2) is 4.39 Å². The monoisotopic (exact) mass is 350 g/mol. The highest BCUT2D eigenvalue weighted by Crippen LogP contribution is 2.23. The smallest absolute Gasteiger partial charge is 0.308 e. The molecule has 1 aliphatic heterocycles. The fourth-order valence-electron chi connectivity index (χ4n) is 2.62. The van der Waals surface area contributed by atoms with E-state index in [2.05, 4.69) is 5.32 Å². The maximum absolute atomic E-state index is 14.1. The lowest BCUT2D eigenvalue weighted by atomic mass is 9.95. The van der Waals surface area contributed by atoms with E-state index in [4.69, 9.17) is 5.11 Å². The number of nitrogens with one attached hydrogen (secondary N) is 1. The van der Waals surface area contributed by atoms with Gasteiger partial charge in [-0.05, 0) is 31.0 Å². The van der Waals surface area contributed by atoms with E-state index >= 15 is 0 Å². The molecule has 7 heteroatoms. The van der Waals surface area contributed by atoms with Crippen LogP contribution in [-0.2, 0) is 9.59 Å². The highest BCUT2D eigenvalue weighted by Gasteiger charge is 2.30. The number of carbonyl (C=O) groups excluding carboxylic acids is 2. The van der Waals surface area contributed by atoms with Gasteiger partial charge in [-0.3, -0.25) is 14.4 Å². The minimum absolute atomic E-state index is 0.0617. The lowest BCUT2D eigenvalue weighted by Crippen LogP contribution is -2.42. The van der Waals surface area contributed by atoms with Crippen LogP contribution in [0.5, 0.6) is 0 Å². The summed E-state index contributed by atoms with van der Waals surface area (Å²) in [4.78, 5) is 37.2. The van der Waals surface area contributed by atoms with Crippen LogP contribution in [0.3, 0.4) is 0 Å². The van der Waals surface area contributed by atoms with Crippen LogP contribution in [0.25, 0.3) is 0 Å². The van der Waals surface area contributed by atoms with Gasteiger partial charge in [0.25, 0.3) is 5.91 Å². The van der Waals surface area contributed by atoms with Gasteiger partial charge in [0.05, 0.1) is 11.5 Å². The molecule has 1 heterocycles. The quantitative estimate of drug-likeness (QED) is 0.877. The summed E-state index contributed by atoms with van der Waals surface area (Å²) in [7, 11) is 0. The Balaban J connectivity index is 2.20. The first-order valence-corrected chi connectivity index (χ1v) is 8.22. The molecule has 0 saturated carbocycles. The Kier molecular flexibility index (Phi) is 5.45. The first kappa shape index (κ1) is 18.9. The molecule has 1 atom stereocenters. The molecule has 1 aromatic rings. The van der Waals surface area contributed by atoms with E-state index in [1.807, 2.05) is 0 Å². The second kappa shape index (κ2) is 7.21. The number of carbonyl (C=O) groups is 3. The van der Waals surface area contributed by atoms with Gasteiger partial charge >= 0.3 is 5.97 Å². The zero-order chi connectivity index (χ0) is 18.8. The number of rotatable bonds is 3. The van der Waals surface area contributed by atoms with Crippen LogP contribution in [-0.4, -0.2) is 40.9 Å². The van der Waals surface area contributed by atoms with E-state index in [0.717, 1.165) is 6.07 Å². The first-order valence-electron chi connectivity index (χ1n) is 8.22. The van der Waals surface area contributed by atoms with Crippen molar-refractivity contribution < 1.29 is 23.9 Å². The SMILES string of the molecule is CC(C)(C)C(=O)Nc1ccc(F)c(C(=O)N2CCC[C@@H](C(=O)O)C2)c1. The second-order valence-corrected chi connectivity index (χ2v) is 7.33. The summed E-state index contributed by atoms with van der Waals surface area (Å²) in [6.07, 6.45) is 1.06. The van der Waals surface area contributed by atoms with Crippen molar-refractivity contribution in [1.82, 2.24) is 4.90 Å². The third kappa shape index (κ3) is 4.55. The molecule has 2 N–H and O–H groups in total. The van der Waals surface area contributed by atoms with E-state index in [1.54, 1.807) is 20.8 Å². The standard InChI is InChI=1S/C18H23FN2O4/c1-18(2,3)17(25)20-12-6-7-14(19)13(9-12)15(22)21-8-4-5-11(10-21)16(23)24/h6-7,9,11H,4-5,8,10H2,1-3H3,(H,20,25)(H,23,24)/t11-/m1/s1. The Morgan fingerprint density at radius 2 is 1.96 bits per heavy atom. The Bertz CT molecular complexity index is 697. The summed E-state index contributed by atoms with van der Waals surface area (Å²) in [5, 5.41) is 11.8. The van der Waals surface area contributed by atoms with Crippen LogP contribution in [0.15, 0.2) is 18.2 Å². The van der Waals surface area contributed by atoms with E-state index in [1.165, 1.54) is 17.0 Å². The van der Waals surface area contributed by atoms with Crippen LogP contribution in [0.1, 0.15) is 44.0 Å². The molecule has 1 fully saturated rings. The molecule has 1 aromatic carbocycles. The topological polar surface area (TPSA) is 86.7 Å². The molecular formula is C18H23FN2O4. The van der Waals surface area contributed by atoms with E-state index < -0.39 is 29.0 Å². The fourth-order valence-corrected chi connectivity index (χ4v) is 2.62. The van der Waals surface area contributed by atoms with Crippen molar-refractivity contribution in [2.75, 3.05) is 18.4 Å². The normalized spacial score (nSPS) is 17.9. The molecular weight excluding hydrogens is 327 g/mol. The number of likely N-dealkylation sites (tertiary alicyclic amines) is 1. The van der Waals surface area contributed by atoms with Gasteiger partial charge in [-0.15, -0.1) is 0 Å². The molecule has 136 valence electrons. The average molecular weight is 350 g/mol. The number of amides is 2. The molecule has 0 unspecified atom stereocenters. The van der Waals surface area contributed by atoms with Crippen LogP contribution < -0.4 is 5.32 Å². The summed E-state index contributed by atoms with van der Waals surface area (Å²) >= 11 is 0. The Morgan fingerprint density at radius 3 is 2.56 bits per heavy atom. The zero-order valence-corrected chi connectivity index (χ0v) is 14.6. The molecule has 1 saturated heterocycles. The van der Waals surface area contributed by atoms with Crippen molar-refractivity contribution in [2.24, 2.45) is 11.3 Å². The Morgan fingerprint density at radius 1 is 1.28 bits per heavy atom. The molecule has 25 heavy (non-hydrogen) atoms. The second-order valence-electron chi connectivity index (χ2n) is 7.33. The summed E-state index contributed by atoms with van der Waals surface area (Å²) in [6, 6.07) is 3.82. The molecule has 0 aromatic heterocycles. The maximum Gasteiger partial charge on any atom is 0.308 e. The minimum atomic E-state index is -0.954. The summed E-state index contributed by atoms with van der Waals surface area (Å²) < 4.78 is 14.1. The van der Waals surface area contributed by atoms with Crippen LogP contribution in [0.4, 0.5) is 10.1 Å². The first-order chi connectivity index (χ1) is 11.6. The zero-order valence-electron chi connectivity index (χ0n) is 14.6. The molecule has 0 aliphatic carbocycles. The largest absolute Gasteiger partial charge is 0.481 e. The van der Waals surface area contributed by atoms with E-state index in [9.17, 15) is 18.8 Å². The van der Waals surface area contributed by atoms with Crippen molar-refractivity contribution in [3.05, 3.63) is 29.6 Å². The van der Waals surface area contributed by atoms with Crippen molar-refractivity contribution in [3.8, 4) is 0 Å². The maximum atomic E-state index is 14.1. The molecule has 0 spiro atoms. The van der Waals surface area contributed by atoms with Crippen LogP contribution in [0.2, 0.25) is 0 Å². The summed E-state index contributed by atoms with van der Waals surface area (Å²) in [5.41, 5.74) is -0.464. The molecule has 2 amide bonds. The van der Waals surface area contributed by atoms with Crippen molar-refractivity contribution in [3.63, 3.8) is 0 Å². The third-order valence-corrected chi connectivity index (χ3v) is 4.19. The predicted molar refractivity (Wildman–Crippen MR) is 90.7 cm³/mol. The highest BCUT2D eigenvalue weighted by atomic mass is 19.1. The number of aliphatic carboxylic acids is 1. The van der Waals surface area contributed by atoms with Gasteiger partial charge in [-0.2, -0.15) is 0 Å². The number of piperidine rings is 1. The van der Waals surface area contributed by atoms with Crippen molar-refractivity contribution in [1.29, 1.82) is 0 Å². The lowest BCUT2D eigenvalue weighted by molar-refractivity contribution is -0.143. The molecule has 0 bridgehead atoms. The highest BCUT2D eigenvalue weighted by molar-refractivity contribution is 5.98. The number of nitrogens with zero attached hydrogens (tertiary/aromatic N) is 1. The molecule has 1 aliphatic rings. The van der Waals surface area contributed by atoms with Gasteiger partial charge in [0, 0.05) is 24.2 Å². The average Bonchev–Trinajstić information content (AvgIpc) is 2.55.